The van der Waals surface area contributed by atoms with Crippen LogP contribution in [0.1, 0.15) is 0 Å². The molecule has 0 aliphatic carbocycles. The third-order valence-electron chi connectivity index (χ3n) is 2.46. The van der Waals surface area contributed by atoms with Crippen LogP contribution in [0, 0.1) is 0 Å². The molecule has 0 fully saturated rings. The van der Waals surface area contributed by atoms with E-state index in [0.29, 0.717) is 5.54 Å². The number of amidine groups is 2. The average molecular weight is 208 g/mol. The maximum absolute atomic E-state index is 4.47. The van der Waals surface area contributed by atoms with Gasteiger partial charge in [-0.05, 0) is 0 Å². The summed E-state index contributed by atoms with van der Waals surface area (Å²) < 4.78 is 0. The Balaban J connectivity index is 2.09. The van der Waals surface area contributed by atoms with Crippen molar-refractivity contribution in [3.63, 3.8) is 0 Å². The van der Waals surface area contributed by atoms with Crippen molar-refractivity contribution in [1.29, 1.82) is 0 Å². The topological polar surface area (TPSA) is 48.8 Å². The summed E-state index contributed by atoms with van der Waals surface area (Å²) in [6.07, 6.45) is 0. The molecular formula is C9H16N4Si. The van der Waals surface area contributed by atoms with E-state index in [1.807, 2.05) is 0 Å². The molecule has 0 unspecified atom stereocenters. The summed E-state index contributed by atoms with van der Waals surface area (Å²) in [5, 5.41) is 6.67. The van der Waals surface area contributed by atoms with Crippen LogP contribution in [0.5, 0.6) is 0 Å². The standard InChI is InChI=1S/C9H16N4Si/c1-2-14-7(8-10-3-4-11-8)9-12-5-6-13-9/h2,7H,1,3-6,14H2,(H,10,11)(H,12,13). The lowest BCUT2D eigenvalue weighted by atomic mass is 10.3. The molecule has 2 rings (SSSR count). The quantitative estimate of drug-likeness (QED) is 0.588. The summed E-state index contributed by atoms with van der Waals surface area (Å²) in [4.78, 5) is 8.94. The minimum absolute atomic E-state index is 0.346. The highest BCUT2D eigenvalue weighted by atomic mass is 28.2. The molecule has 0 bridgehead atoms. The van der Waals surface area contributed by atoms with E-state index in [-0.39, 0.29) is 9.52 Å². The molecule has 2 aliphatic rings. The molecule has 0 radical (unpaired) electrons. The molecule has 0 aromatic carbocycles. The largest absolute Gasteiger partial charge is 0.372 e. The number of nitrogens with one attached hydrogen (secondary N) is 2. The van der Waals surface area contributed by atoms with Gasteiger partial charge in [0.2, 0.25) is 0 Å². The minimum Gasteiger partial charge on any atom is -0.372 e. The van der Waals surface area contributed by atoms with Gasteiger partial charge in [0.25, 0.3) is 0 Å². The summed E-state index contributed by atoms with van der Waals surface area (Å²) in [6, 6.07) is 0. The molecule has 5 heteroatoms. The molecule has 0 aromatic rings. The smallest absolute Gasteiger partial charge is 0.104 e. The van der Waals surface area contributed by atoms with Crippen LogP contribution in [0.3, 0.4) is 0 Å². The maximum atomic E-state index is 4.47. The molecule has 4 nitrogen and oxygen atoms in total. The second-order valence-electron chi connectivity index (χ2n) is 3.46. The Morgan fingerprint density at radius 1 is 1.21 bits per heavy atom. The van der Waals surface area contributed by atoms with E-state index in [1.54, 1.807) is 0 Å². The van der Waals surface area contributed by atoms with Gasteiger partial charge >= 0.3 is 0 Å². The lowest BCUT2D eigenvalue weighted by Crippen LogP contribution is -2.36. The van der Waals surface area contributed by atoms with Crippen LogP contribution in [-0.2, 0) is 0 Å². The Morgan fingerprint density at radius 3 is 2.14 bits per heavy atom. The van der Waals surface area contributed by atoms with Gasteiger partial charge < -0.3 is 10.6 Å². The summed E-state index contributed by atoms with van der Waals surface area (Å²) in [5.74, 6) is 2.26. The van der Waals surface area contributed by atoms with E-state index >= 15 is 0 Å². The van der Waals surface area contributed by atoms with Crippen LogP contribution >= 0.6 is 0 Å². The fraction of sp³-hybridized carbons (Fsp3) is 0.556. The van der Waals surface area contributed by atoms with Crippen molar-refractivity contribution in [1.82, 2.24) is 10.6 Å². The van der Waals surface area contributed by atoms with Crippen LogP contribution in [-0.4, -0.2) is 47.4 Å². The van der Waals surface area contributed by atoms with Gasteiger partial charge in [-0.2, -0.15) is 0 Å². The van der Waals surface area contributed by atoms with E-state index in [2.05, 4.69) is 32.9 Å². The zero-order valence-electron chi connectivity index (χ0n) is 8.29. The Labute approximate surface area is 86.4 Å². The molecule has 0 aromatic heterocycles. The van der Waals surface area contributed by atoms with Gasteiger partial charge in [-0.3, -0.25) is 9.98 Å². The second-order valence-corrected chi connectivity index (χ2v) is 5.33. The van der Waals surface area contributed by atoms with Crippen molar-refractivity contribution in [2.24, 2.45) is 9.98 Å². The Hall–Kier alpha value is -1.10. The van der Waals surface area contributed by atoms with E-state index in [0.717, 1.165) is 37.9 Å². The Bertz CT molecular complexity index is 261. The van der Waals surface area contributed by atoms with Crippen LogP contribution in [0.2, 0.25) is 5.54 Å². The normalized spacial score (nSPS) is 20.9. The molecule has 0 amide bonds. The van der Waals surface area contributed by atoms with Gasteiger partial charge in [0.1, 0.15) is 11.7 Å². The number of rotatable bonds is 4. The van der Waals surface area contributed by atoms with Crippen molar-refractivity contribution >= 4 is 21.2 Å². The van der Waals surface area contributed by atoms with Crippen molar-refractivity contribution in [3.05, 3.63) is 12.3 Å². The highest BCUT2D eigenvalue weighted by Gasteiger charge is 2.24. The lowest BCUT2D eigenvalue weighted by molar-refractivity contribution is 0.946. The van der Waals surface area contributed by atoms with E-state index in [1.165, 1.54) is 0 Å². The van der Waals surface area contributed by atoms with Gasteiger partial charge in [-0.15, -0.1) is 12.3 Å². The summed E-state index contributed by atoms with van der Waals surface area (Å²) in [6.45, 7) is 7.61. The number of hydrogen-bond acceptors (Lipinski definition) is 4. The van der Waals surface area contributed by atoms with E-state index in [4.69, 9.17) is 0 Å². The molecule has 0 atom stereocenters. The molecule has 0 saturated heterocycles. The zero-order valence-corrected chi connectivity index (χ0v) is 9.71. The predicted octanol–water partition coefficient (Wildman–Crippen LogP) is -0.909. The van der Waals surface area contributed by atoms with Gasteiger partial charge in [-0.1, -0.05) is 0 Å². The van der Waals surface area contributed by atoms with Crippen LogP contribution in [0.25, 0.3) is 0 Å². The zero-order chi connectivity index (χ0) is 9.80. The third-order valence-corrected chi connectivity index (χ3v) is 4.04. The Morgan fingerprint density at radius 2 is 1.79 bits per heavy atom. The molecule has 2 heterocycles. The van der Waals surface area contributed by atoms with Crippen molar-refractivity contribution in [3.8, 4) is 0 Å². The summed E-state index contributed by atoms with van der Waals surface area (Å²) >= 11 is 0. The van der Waals surface area contributed by atoms with Crippen molar-refractivity contribution in [2.45, 2.75) is 5.54 Å². The Kier molecular flexibility index (Phi) is 2.98. The fourth-order valence-electron chi connectivity index (χ4n) is 1.82. The molecule has 76 valence electrons. The predicted molar refractivity (Wildman–Crippen MR) is 63.1 cm³/mol. The highest BCUT2D eigenvalue weighted by Crippen LogP contribution is 2.11. The number of nitrogens with zero attached hydrogens (tertiary/aromatic N) is 2. The lowest BCUT2D eigenvalue weighted by Gasteiger charge is -2.15. The highest BCUT2D eigenvalue weighted by molar-refractivity contribution is 6.57. The SMILES string of the molecule is C=C[SiH2]C(C1=NCCN1)C1=NCCN1. The fourth-order valence-corrected chi connectivity index (χ4v) is 3.15. The van der Waals surface area contributed by atoms with Crippen LogP contribution in [0.15, 0.2) is 22.3 Å². The van der Waals surface area contributed by atoms with Crippen molar-refractivity contribution < 1.29 is 0 Å². The van der Waals surface area contributed by atoms with E-state index in [9.17, 15) is 0 Å². The van der Waals surface area contributed by atoms with Gasteiger partial charge in [0, 0.05) is 13.1 Å². The third kappa shape index (κ3) is 1.87. The first-order valence-electron chi connectivity index (χ1n) is 5.09. The van der Waals surface area contributed by atoms with Gasteiger partial charge in [0.15, 0.2) is 0 Å². The van der Waals surface area contributed by atoms with Crippen molar-refractivity contribution in [2.75, 3.05) is 26.2 Å². The summed E-state index contributed by atoms with van der Waals surface area (Å²) in [7, 11) is -0.346. The summed E-state index contributed by atoms with van der Waals surface area (Å²) in [5.41, 5.74) is 2.48. The molecule has 0 spiro atoms. The molecule has 2 N–H and O–H groups in total. The van der Waals surface area contributed by atoms with Gasteiger partial charge in [0.05, 0.1) is 28.2 Å². The maximum Gasteiger partial charge on any atom is 0.104 e. The molecule has 14 heavy (non-hydrogen) atoms. The van der Waals surface area contributed by atoms with E-state index < -0.39 is 0 Å². The number of hydrogen-bond donors (Lipinski definition) is 2. The first kappa shape index (κ1) is 9.45. The van der Waals surface area contributed by atoms with Crippen LogP contribution < -0.4 is 10.6 Å². The first-order valence-corrected chi connectivity index (χ1v) is 6.72. The van der Waals surface area contributed by atoms with Gasteiger partial charge in [-0.25, -0.2) is 0 Å². The minimum atomic E-state index is -0.346. The first-order chi connectivity index (χ1) is 6.92. The molecule has 2 aliphatic heterocycles. The molecular weight excluding hydrogens is 192 g/mol. The average Bonchev–Trinajstić information content (AvgIpc) is 2.87. The monoisotopic (exact) mass is 208 g/mol. The molecule has 0 saturated carbocycles. The second kappa shape index (κ2) is 4.41. The number of aliphatic imine (C=N–C) groups is 2. The van der Waals surface area contributed by atoms with Crippen LogP contribution in [0.4, 0.5) is 0 Å².